The largest absolute Gasteiger partial charge is 0.389 e. The van der Waals surface area contributed by atoms with Crippen LogP contribution in [-0.4, -0.2) is 36.2 Å². The third-order valence-electron chi connectivity index (χ3n) is 4.26. The molecule has 0 amide bonds. The number of benzene rings is 1. The molecule has 2 atom stereocenters. The molecule has 1 fully saturated rings. The zero-order valence-corrected chi connectivity index (χ0v) is 12.3. The quantitative estimate of drug-likeness (QED) is 0.876. The summed E-state index contributed by atoms with van der Waals surface area (Å²) in [6.45, 7) is 6.46. The molecular formula is C16H26N2O. The molecular weight excluding hydrogens is 236 g/mol. The summed E-state index contributed by atoms with van der Waals surface area (Å²) in [4.78, 5) is 2.40. The number of hydrogen-bond acceptors (Lipinski definition) is 3. The van der Waals surface area contributed by atoms with Crippen molar-refractivity contribution < 1.29 is 5.11 Å². The second-order valence-electron chi connectivity index (χ2n) is 5.84. The highest BCUT2D eigenvalue weighted by Crippen LogP contribution is 2.27. The Morgan fingerprint density at radius 2 is 1.84 bits per heavy atom. The number of rotatable bonds is 4. The van der Waals surface area contributed by atoms with Crippen LogP contribution in [0.4, 0.5) is 5.69 Å². The van der Waals surface area contributed by atoms with Crippen molar-refractivity contribution in [2.75, 3.05) is 25.5 Å². The van der Waals surface area contributed by atoms with Crippen LogP contribution in [0, 0.1) is 5.92 Å². The van der Waals surface area contributed by atoms with Crippen LogP contribution in [0.5, 0.6) is 0 Å². The molecule has 1 aliphatic rings. The molecule has 0 bridgehead atoms. The van der Waals surface area contributed by atoms with Crippen LogP contribution in [-0.2, 0) is 0 Å². The molecule has 2 N–H and O–H groups in total. The van der Waals surface area contributed by atoms with E-state index in [1.807, 2.05) is 25.1 Å². The fraction of sp³-hybridized carbons (Fsp3) is 0.625. The van der Waals surface area contributed by atoms with E-state index in [1.54, 1.807) is 0 Å². The summed E-state index contributed by atoms with van der Waals surface area (Å²) < 4.78 is 0. The van der Waals surface area contributed by atoms with Crippen molar-refractivity contribution >= 4 is 5.69 Å². The maximum atomic E-state index is 9.82. The molecule has 2 unspecified atom stereocenters. The van der Waals surface area contributed by atoms with Gasteiger partial charge in [0.2, 0.25) is 0 Å². The Labute approximate surface area is 116 Å². The van der Waals surface area contributed by atoms with Gasteiger partial charge >= 0.3 is 0 Å². The molecule has 1 aromatic rings. The van der Waals surface area contributed by atoms with Gasteiger partial charge in [0.15, 0.2) is 0 Å². The second kappa shape index (κ2) is 6.40. The third-order valence-corrected chi connectivity index (χ3v) is 4.26. The van der Waals surface area contributed by atoms with Gasteiger partial charge in [-0.15, -0.1) is 0 Å². The first-order chi connectivity index (χ1) is 9.08. The third kappa shape index (κ3) is 3.71. The summed E-state index contributed by atoms with van der Waals surface area (Å²) in [6.07, 6.45) is 2.08. The van der Waals surface area contributed by atoms with E-state index in [-0.39, 0.29) is 0 Å². The van der Waals surface area contributed by atoms with Crippen LogP contribution in [0.2, 0.25) is 0 Å². The van der Waals surface area contributed by atoms with E-state index in [0.717, 1.165) is 17.2 Å². The monoisotopic (exact) mass is 262 g/mol. The van der Waals surface area contributed by atoms with Crippen LogP contribution in [0.1, 0.15) is 38.4 Å². The van der Waals surface area contributed by atoms with Gasteiger partial charge in [0.1, 0.15) is 0 Å². The lowest BCUT2D eigenvalue weighted by atomic mass is 9.90. The highest BCUT2D eigenvalue weighted by atomic mass is 16.3. The van der Waals surface area contributed by atoms with Gasteiger partial charge in [-0.2, -0.15) is 0 Å². The van der Waals surface area contributed by atoms with Crippen LogP contribution in [0.15, 0.2) is 24.3 Å². The fourth-order valence-electron chi connectivity index (χ4n) is 2.88. The van der Waals surface area contributed by atoms with Crippen molar-refractivity contribution in [1.29, 1.82) is 0 Å². The molecule has 2 rings (SSSR count). The normalized spacial score (nSPS) is 21.1. The predicted molar refractivity (Wildman–Crippen MR) is 80.4 cm³/mol. The molecule has 0 saturated carbocycles. The average Bonchev–Trinajstić information content (AvgIpc) is 2.39. The average molecular weight is 262 g/mol. The Morgan fingerprint density at radius 1 is 1.21 bits per heavy atom. The summed E-state index contributed by atoms with van der Waals surface area (Å²) >= 11 is 0. The van der Waals surface area contributed by atoms with Crippen molar-refractivity contribution in [3.8, 4) is 0 Å². The smallest absolute Gasteiger partial charge is 0.0781 e. The minimum absolute atomic E-state index is 0.423. The lowest BCUT2D eigenvalue weighted by molar-refractivity contribution is 0.198. The van der Waals surface area contributed by atoms with E-state index in [0.29, 0.717) is 6.04 Å². The van der Waals surface area contributed by atoms with Gasteiger partial charge in [0.25, 0.3) is 0 Å². The number of hydrogen-bond donors (Lipinski definition) is 2. The van der Waals surface area contributed by atoms with Gasteiger partial charge in [0.05, 0.1) is 6.10 Å². The lowest BCUT2D eigenvalue weighted by Gasteiger charge is -2.34. The second-order valence-corrected chi connectivity index (χ2v) is 5.84. The van der Waals surface area contributed by atoms with E-state index in [9.17, 15) is 5.11 Å². The molecule has 3 heteroatoms. The SMILES string of the molecule is CC(O)c1ccccc1NC(C)C1CCN(C)CC1. The van der Waals surface area contributed by atoms with Crippen LogP contribution >= 0.6 is 0 Å². The first-order valence-corrected chi connectivity index (χ1v) is 7.30. The number of aliphatic hydroxyl groups is 1. The molecule has 0 aromatic heterocycles. The molecule has 1 aromatic carbocycles. The van der Waals surface area contributed by atoms with E-state index >= 15 is 0 Å². The van der Waals surface area contributed by atoms with Crippen LogP contribution < -0.4 is 5.32 Å². The van der Waals surface area contributed by atoms with E-state index < -0.39 is 6.10 Å². The molecule has 0 radical (unpaired) electrons. The number of aliphatic hydroxyl groups excluding tert-OH is 1. The zero-order chi connectivity index (χ0) is 13.8. The number of nitrogens with one attached hydrogen (secondary N) is 1. The number of likely N-dealkylation sites (tertiary alicyclic amines) is 1. The predicted octanol–water partition coefficient (Wildman–Crippen LogP) is 2.88. The number of anilines is 1. The van der Waals surface area contributed by atoms with E-state index in [4.69, 9.17) is 0 Å². The highest BCUT2D eigenvalue weighted by Gasteiger charge is 2.22. The number of piperidine rings is 1. The van der Waals surface area contributed by atoms with Crippen LogP contribution in [0.3, 0.4) is 0 Å². The number of para-hydroxylation sites is 1. The molecule has 1 aliphatic heterocycles. The summed E-state index contributed by atoms with van der Waals surface area (Å²) in [5.41, 5.74) is 2.06. The maximum absolute atomic E-state index is 9.82. The van der Waals surface area contributed by atoms with Gasteiger partial charge < -0.3 is 15.3 Å². The molecule has 19 heavy (non-hydrogen) atoms. The Kier molecular flexibility index (Phi) is 4.83. The van der Waals surface area contributed by atoms with Gasteiger partial charge in [-0.25, -0.2) is 0 Å². The Balaban J connectivity index is 2.00. The summed E-state index contributed by atoms with van der Waals surface area (Å²) in [5, 5.41) is 13.4. The minimum Gasteiger partial charge on any atom is -0.389 e. The van der Waals surface area contributed by atoms with Gasteiger partial charge in [-0.3, -0.25) is 0 Å². The van der Waals surface area contributed by atoms with Crippen molar-refractivity contribution in [2.45, 2.75) is 38.8 Å². The molecule has 0 aliphatic carbocycles. The highest BCUT2D eigenvalue weighted by molar-refractivity contribution is 5.52. The lowest BCUT2D eigenvalue weighted by Crippen LogP contribution is -2.37. The van der Waals surface area contributed by atoms with Crippen molar-refractivity contribution in [3.05, 3.63) is 29.8 Å². The molecule has 1 saturated heterocycles. The fourth-order valence-corrected chi connectivity index (χ4v) is 2.88. The van der Waals surface area contributed by atoms with E-state index in [1.165, 1.54) is 25.9 Å². The summed E-state index contributed by atoms with van der Waals surface area (Å²) in [7, 11) is 2.19. The van der Waals surface area contributed by atoms with Crippen molar-refractivity contribution in [2.24, 2.45) is 5.92 Å². The van der Waals surface area contributed by atoms with Crippen LogP contribution in [0.25, 0.3) is 0 Å². The topological polar surface area (TPSA) is 35.5 Å². The molecule has 0 spiro atoms. The van der Waals surface area contributed by atoms with Crippen molar-refractivity contribution in [3.63, 3.8) is 0 Å². The molecule has 3 nitrogen and oxygen atoms in total. The summed E-state index contributed by atoms with van der Waals surface area (Å²) in [6, 6.07) is 8.51. The summed E-state index contributed by atoms with van der Waals surface area (Å²) in [5.74, 6) is 0.721. The van der Waals surface area contributed by atoms with Gasteiger partial charge in [-0.05, 0) is 58.8 Å². The van der Waals surface area contributed by atoms with Crippen molar-refractivity contribution in [1.82, 2.24) is 4.90 Å². The Hall–Kier alpha value is -1.06. The Morgan fingerprint density at radius 3 is 2.47 bits per heavy atom. The molecule has 1 heterocycles. The maximum Gasteiger partial charge on any atom is 0.0781 e. The van der Waals surface area contributed by atoms with Gasteiger partial charge in [-0.1, -0.05) is 18.2 Å². The Bertz CT molecular complexity index is 397. The van der Waals surface area contributed by atoms with Gasteiger partial charge in [0, 0.05) is 17.3 Å². The van der Waals surface area contributed by atoms with E-state index in [2.05, 4.69) is 30.3 Å². The first kappa shape index (κ1) is 14.4. The zero-order valence-electron chi connectivity index (χ0n) is 12.3. The first-order valence-electron chi connectivity index (χ1n) is 7.30. The standard InChI is InChI=1S/C16H26N2O/c1-12(14-8-10-18(3)11-9-14)17-16-7-5-4-6-15(16)13(2)19/h4-7,12-14,17,19H,8-11H2,1-3H3. The minimum atomic E-state index is -0.423. The number of nitrogens with zero attached hydrogens (tertiary/aromatic N) is 1. The molecule has 106 valence electrons.